The maximum Gasteiger partial charge on any atom is 0.227 e. The Hall–Kier alpha value is -2.07. The van der Waals surface area contributed by atoms with Gasteiger partial charge in [-0.2, -0.15) is 5.26 Å². The van der Waals surface area contributed by atoms with Crippen molar-refractivity contribution in [1.29, 1.82) is 5.26 Å². The van der Waals surface area contributed by atoms with Crippen molar-refractivity contribution in [3.05, 3.63) is 18.0 Å². The lowest BCUT2D eigenvalue weighted by Crippen LogP contribution is -2.26. The Morgan fingerprint density at radius 1 is 1.60 bits per heavy atom. The van der Waals surface area contributed by atoms with Crippen molar-refractivity contribution in [1.82, 2.24) is 9.97 Å². The Morgan fingerprint density at radius 3 is 3.00 bits per heavy atom. The standard InChI is InChI=1S/C11H12N4/c1-3-7-15(8-4-2)11-13-6-5-10(9-12)14-11/h1,5-6H,4,7-8H2,2H3. The minimum absolute atomic E-state index is 0.359. The summed E-state index contributed by atoms with van der Waals surface area (Å²) in [4.78, 5) is 10.1. The van der Waals surface area contributed by atoms with E-state index in [0.29, 0.717) is 18.2 Å². The largest absolute Gasteiger partial charge is 0.330 e. The van der Waals surface area contributed by atoms with Crippen molar-refractivity contribution in [2.24, 2.45) is 0 Å². The van der Waals surface area contributed by atoms with Gasteiger partial charge in [0.15, 0.2) is 0 Å². The second kappa shape index (κ2) is 5.62. The molecular formula is C11H12N4. The molecule has 0 amide bonds. The van der Waals surface area contributed by atoms with E-state index >= 15 is 0 Å². The van der Waals surface area contributed by atoms with Crippen molar-refractivity contribution in [2.75, 3.05) is 18.0 Å². The number of nitrogens with zero attached hydrogens (tertiary/aromatic N) is 4. The predicted octanol–water partition coefficient (Wildman–Crippen LogP) is 1.20. The maximum absolute atomic E-state index is 8.70. The highest BCUT2D eigenvalue weighted by molar-refractivity contribution is 5.35. The van der Waals surface area contributed by atoms with Crippen LogP contribution in [0.15, 0.2) is 12.3 Å². The number of anilines is 1. The Bertz CT molecular complexity index is 400. The van der Waals surface area contributed by atoms with Crippen molar-refractivity contribution >= 4 is 5.95 Å². The molecule has 0 unspecified atom stereocenters. The molecule has 1 aromatic rings. The summed E-state index contributed by atoms with van der Waals surface area (Å²) < 4.78 is 0. The van der Waals surface area contributed by atoms with E-state index in [4.69, 9.17) is 11.7 Å². The molecule has 4 heteroatoms. The minimum atomic E-state index is 0.359. The molecule has 4 nitrogen and oxygen atoms in total. The van der Waals surface area contributed by atoms with Crippen LogP contribution in [0.5, 0.6) is 0 Å². The first kappa shape index (κ1) is 11.0. The summed E-state index contributed by atoms with van der Waals surface area (Å²) in [5.41, 5.74) is 0.359. The average molecular weight is 200 g/mol. The summed E-state index contributed by atoms with van der Waals surface area (Å²) in [5, 5.41) is 8.70. The van der Waals surface area contributed by atoms with E-state index in [-0.39, 0.29) is 0 Å². The minimum Gasteiger partial charge on any atom is -0.330 e. The van der Waals surface area contributed by atoms with Gasteiger partial charge in [0.25, 0.3) is 0 Å². The van der Waals surface area contributed by atoms with Gasteiger partial charge < -0.3 is 4.90 Å². The predicted molar refractivity (Wildman–Crippen MR) is 58.1 cm³/mol. The van der Waals surface area contributed by atoms with Gasteiger partial charge in [0.1, 0.15) is 11.8 Å². The van der Waals surface area contributed by atoms with Crippen LogP contribution in [0.25, 0.3) is 0 Å². The fourth-order valence-corrected chi connectivity index (χ4v) is 1.19. The lowest BCUT2D eigenvalue weighted by Gasteiger charge is -2.18. The van der Waals surface area contributed by atoms with Crippen molar-refractivity contribution in [3.63, 3.8) is 0 Å². The van der Waals surface area contributed by atoms with Crippen LogP contribution in [-0.4, -0.2) is 23.1 Å². The first-order chi connectivity index (χ1) is 7.31. The monoisotopic (exact) mass is 200 g/mol. The van der Waals surface area contributed by atoms with Crippen LogP contribution in [-0.2, 0) is 0 Å². The van der Waals surface area contributed by atoms with Gasteiger partial charge in [-0.3, -0.25) is 0 Å². The molecule has 0 saturated heterocycles. The van der Waals surface area contributed by atoms with Crippen LogP contribution in [0.2, 0.25) is 0 Å². The second-order valence-electron chi connectivity index (χ2n) is 2.98. The van der Waals surface area contributed by atoms with Gasteiger partial charge in [0.05, 0.1) is 6.54 Å². The lowest BCUT2D eigenvalue weighted by atomic mass is 10.4. The van der Waals surface area contributed by atoms with Gasteiger partial charge in [-0.05, 0) is 12.5 Å². The molecule has 0 atom stereocenters. The van der Waals surface area contributed by atoms with Gasteiger partial charge in [-0.1, -0.05) is 12.8 Å². The molecule has 0 aliphatic heterocycles. The lowest BCUT2D eigenvalue weighted by molar-refractivity contribution is 0.789. The van der Waals surface area contributed by atoms with Gasteiger partial charge >= 0.3 is 0 Å². The van der Waals surface area contributed by atoms with E-state index in [9.17, 15) is 0 Å². The smallest absolute Gasteiger partial charge is 0.227 e. The van der Waals surface area contributed by atoms with Gasteiger partial charge in [0.2, 0.25) is 5.95 Å². The highest BCUT2D eigenvalue weighted by atomic mass is 15.2. The fraction of sp³-hybridized carbons (Fsp3) is 0.364. The van der Waals surface area contributed by atoms with Crippen LogP contribution < -0.4 is 4.90 Å². The second-order valence-corrected chi connectivity index (χ2v) is 2.98. The van der Waals surface area contributed by atoms with Gasteiger partial charge in [-0.15, -0.1) is 6.42 Å². The molecule has 0 aliphatic carbocycles. The molecule has 0 N–H and O–H groups in total. The number of nitriles is 1. The van der Waals surface area contributed by atoms with Crippen LogP contribution in [0, 0.1) is 23.7 Å². The number of terminal acetylenes is 1. The third-order valence-corrected chi connectivity index (χ3v) is 1.82. The number of hydrogen-bond donors (Lipinski definition) is 0. The van der Waals surface area contributed by atoms with E-state index in [0.717, 1.165) is 13.0 Å². The van der Waals surface area contributed by atoms with Crippen LogP contribution >= 0.6 is 0 Å². The van der Waals surface area contributed by atoms with E-state index in [2.05, 4.69) is 22.8 Å². The molecule has 0 radical (unpaired) electrons. The van der Waals surface area contributed by atoms with Crippen molar-refractivity contribution in [3.8, 4) is 18.4 Å². The molecule has 0 aromatic carbocycles. The zero-order valence-corrected chi connectivity index (χ0v) is 8.64. The third-order valence-electron chi connectivity index (χ3n) is 1.82. The maximum atomic E-state index is 8.70. The number of rotatable bonds is 4. The summed E-state index contributed by atoms with van der Waals surface area (Å²) in [5.74, 6) is 3.07. The molecule has 0 saturated carbocycles. The average Bonchev–Trinajstić information content (AvgIpc) is 2.29. The van der Waals surface area contributed by atoms with Crippen molar-refractivity contribution in [2.45, 2.75) is 13.3 Å². The molecule has 15 heavy (non-hydrogen) atoms. The Morgan fingerprint density at radius 2 is 2.40 bits per heavy atom. The normalized spacial score (nSPS) is 9.00. The highest BCUT2D eigenvalue weighted by Gasteiger charge is 2.07. The van der Waals surface area contributed by atoms with Crippen LogP contribution in [0.4, 0.5) is 5.95 Å². The van der Waals surface area contributed by atoms with E-state index in [1.807, 2.05) is 11.0 Å². The van der Waals surface area contributed by atoms with Crippen LogP contribution in [0.3, 0.4) is 0 Å². The third kappa shape index (κ3) is 2.96. The summed E-state index contributed by atoms with van der Waals surface area (Å²) in [6, 6.07) is 3.55. The SMILES string of the molecule is C#CCN(CCC)c1nccc(C#N)n1. The van der Waals surface area contributed by atoms with Gasteiger partial charge in [0, 0.05) is 12.7 Å². The summed E-state index contributed by atoms with van der Waals surface area (Å²) >= 11 is 0. The molecule has 76 valence electrons. The highest BCUT2D eigenvalue weighted by Crippen LogP contribution is 2.07. The molecule has 1 heterocycles. The zero-order chi connectivity index (χ0) is 11.1. The molecule has 0 aliphatic rings. The Labute approximate surface area is 89.6 Å². The molecule has 0 fully saturated rings. The summed E-state index contributed by atoms with van der Waals surface area (Å²) in [6.45, 7) is 3.31. The summed E-state index contributed by atoms with van der Waals surface area (Å²) in [6.07, 6.45) is 7.79. The Balaban J connectivity index is 2.91. The zero-order valence-electron chi connectivity index (χ0n) is 8.64. The van der Waals surface area contributed by atoms with E-state index < -0.39 is 0 Å². The van der Waals surface area contributed by atoms with E-state index in [1.165, 1.54) is 0 Å². The Kier molecular flexibility index (Phi) is 4.12. The molecular weight excluding hydrogens is 188 g/mol. The summed E-state index contributed by atoms with van der Waals surface area (Å²) in [7, 11) is 0. The first-order valence-corrected chi connectivity index (χ1v) is 4.73. The van der Waals surface area contributed by atoms with Gasteiger partial charge in [-0.25, -0.2) is 9.97 Å². The molecule has 0 spiro atoms. The van der Waals surface area contributed by atoms with E-state index in [1.54, 1.807) is 12.3 Å². The number of hydrogen-bond acceptors (Lipinski definition) is 4. The quantitative estimate of drug-likeness (QED) is 0.685. The fourth-order valence-electron chi connectivity index (χ4n) is 1.19. The topological polar surface area (TPSA) is 52.8 Å². The molecule has 0 bridgehead atoms. The van der Waals surface area contributed by atoms with Crippen molar-refractivity contribution < 1.29 is 0 Å². The molecule has 1 aromatic heterocycles. The number of aromatic nitrogens is 2. The first-order valence-electron chi connectivity index (χ1n) is 4.73. The van der Waals surface area contributed by atoms with Crippen LogP contribution in [0.1, 0.15) is 19.0 Å². The molecule has 1 rings (SSSR count).